The summed E-state index contributed by atoms with van der Waals surface area (Å²) in [4.78, 5) is 27.6. The van der Waals surface area contributed by atoms with Gasteiger partial charge in [-0.2, -0.15) is 0 Å². The van der Waals surface area contributed by atoms with Crippen LogP contribution in [0.25, 0.3) is 16.3 Å². The Bertz CT molecular complexity index is 1370. The Labute approximate surface area is 212 Å². The van der Waals surface area contributed by atoms with Crippen molar-refractivity contribution in [3.8, 4) is 22.0 Å². The predicted octanol–water partition coefficient (Wildman–Crippen LogP) is 3.86. The minimum absolute atomic E-state index is 0.199. The molecule has 0 bridgehead atoms. The minimum atomic E-state index is -0.252. The third-order valence-corrected chi connectivity index (χ3v) is 6.86. The molecule has 4 aromatic rings. The van der Waals surface area contributed by atoms with Crippen LogP contribution in [0.4, 0.5) is 10.8 Å². The van der Waals surface area contributed by atoms with Crippen LogP contribution >= 0.6 is 11.3 Å². The quantitative estimate of drug-likeness (QED) is 0.317. The summed E-state index contributed by atoms with van der Waals surface area (Å²) in [5, 5.41) is 17.7. The van der Waals surface area contributed by atoms with E-state index >= 15 is 0 Å². The number of aromatic nitrogens is 5. The van der Waals surface area contributed by atoms with Gasteiger partial charge in [0.1, 0.15) is 18.1 Å². The fourth-order valence-corrected chi connectivity index (χ4v) is 4.93. The maximum absolute atomic E-state index is 12.1. The van der Waals surface area contributed by atoms with Crippen LogP contribution in [0.5, 0.6) is 5.75 Å². The molecule has 0 spiro atoms. The molecular formula is C25H25N7O3S. The number of benzene rings is 2. The van der Waals surface area contributed by atoms with Gasteiger partial charge in [0.15, 0.2) is 5.01 Å². The topological polar surface area (TPSA) is 106 Å². The molecule has 1 fully saturated rings. The van der Waals surface area contributed by atoms with Gasteiger partial charge in [0, 0.05) is 37.7 Å². The predicted molar refractivity (Wildman–Crippen MR) is 136 cm³/mol. The van der Waals surface area contributed by atoms with Crippen LogP contribution in [0.15, 0.2) is 54.7 Å². The number of anilines is 2. The molecule has 2 aromatic carbocycles. The molecule has 1 saturated heterocycles. The number of para-hydroxylation sites is 1. The number of ether oxygens (including phenoxy) is 1. The summed E-state index contributed by atoms with van der Waals surface area (Å²) in [6.45, 7) is 6.10. The highest BCUT2D eigenvalue weighted by Gasteiger charge is 2.33. The Balaban J connectivity index is 1.43. The largest absolute Gasteiger partial charge is 0.486 e. The average molecular weight is 504 g/mol. The fourth-order valence-electron chi connectivity index (χ4n) is 4.02. The van der Waals surface area contributed by atoms with E-state index in [2.05, 4.69) is 39.3 Å². The SMILES string of the molecule is CCN(CC)c1ccc(-c2nnc(N3C(=O)CCC3=O)s2)c(OCc2cn(-c3ccccc3)nn2)c1. The Morgan fingerprint density at radius 3 is 2.44 bits per heavy atom. The molecule has 1 aliphatic rings. The lowest BCUT2D eigenvalue weighted by atomic mass is 10.1. The number of hydrogen-bond acceptors (Lipinski definition) is 9. The molecule has 5 rings (SSSR count). The minimum Gasteiger partial charge on any atom is -0.486 e. The van der Waals surface area contributed by atoms with Crippen LogP contribution in [-0.2, 0) is 16.2 Å². The Morgan fingerprint density at radius 1 is 0.972 bits per heavy atom. The molecule has 0 unspecified atom stereocenters. The second-order valence-electron chi connectivity index (χ2n) is 8.14. The van der Waals surface area contributed by atoms with Gasteiger partial charge in [0.2, 0.25) is 16.9 Å². The van der Waals surface area contributed by atoms with E-state index in [1.165, 1.54) is 11.3 Å². The zero-order valence-electron chi connectivity index (χ0n) is 20.0. The lowest BCUT2D eigenvalue weighted by Crippen LogP contribution is -2.28. The number of imide groups is 1. The number of carbonyl (C=O) groups is 2. The summed E-state index contributed by atoms with van der Waals surface area (Å²) in [5.41, 5.74) is 3.32. The van der Waals surface area contributed by atoms with Crippen molar-refractivity contribution in [3.05, 3.63) is 60.4 Å². The van der Waals surface area contributed by atoms with Crippen LogP contribution in [0.3, 0.4) is 0 Å². The maximum Gasteiger partial charge on any atom is 0.236 e. The molecule has 2 aromatic heterocycles. The van der Waals surface area contributed by atoms with Crippen LogP contribution < -0.4 is 14.5 Å². The van der Waals surface area contributed by atoms with E-state index < -0.39 is 0 Å². The van der Waals surface area contributed by atoms with Crippen molar-refractivity contribution >= 4 is 34.0 Å². The van der Waals surface area contributed by atoms with E-state index in [4.69, 9.17) is 4.74 Å². The van der Waals surface area contributed by atoms with Gasteiger partial charge in [-0.1, -0.05) is 34.7 Å². The molecule has 0 N–H and O–H groups in total. The maximum atomic E-state index is 12.1. The van der Waals surface area contributed by atoms with Crippen LogP contribution in [0.2, 0.25) is 0 Å². The first-order valence-corrected chi connectivity index (χ1v) is 12.6. The van der Waals surface area contributed by atoms with Gasteiger partial charge in [-0.3, -0.25) is 9.59 Å². The Kier molecular flexibility index (Phi) is 6.72. The van der Waals surface area contributed by atoms with Crippen molar-refractivity contribution in [1.29, 1.82) is 0 Å². The molecule has 2 amide bonds. The third kappa shape index (κ3) is 4.69. The van der Waals surface area contributed by atoms with Crippen molar-refractivity contribution < 1.29 is 14.3 Å². The van der Waals surface area contributed by atoms with E-state index in [0.717, 1.165) is 34.9 Å². The van der Waals surface area contributed by atoms with Crippen molar-refractivity contribution in [2.75, 3.05) is 22.9 Å². The average Bonchev–Trinajstić information content (AvgIpc) is 3.65. The first-order valence-electron chi connectivity index (χ1n) is 11.8. The highest BCUT2D eigenvalue weighted by molar-refractivity contribution is 7.18. The van der Waals surface area contributed by atoms with E-state index in [1.807, 2.05) is 54.7 Å². The van der Waals surface area contributed by atoms with Gasteiger partial charge in [0.25, 0.3) is 0 Å². The second kappa shape index (κ2) is 10.2. The van der Waals surface area contributed by atoms with Gasteiger partial charge >= 0.3 is 0 Å². The molecule has 184 valence electrons. The zero-order valence-corrected chi connectivity index (χ0v) is 20.8. The van der Waals surface area contributed by atoms with Gasteiger partial charge in [-0.05, 0) is 38.1 Å². The molecular weight excluding hydrogens is 478 g/mol. The zero-order chi connectivity index (χ0) is 25.1. The second-order valence-corrected chi connectivity index (χ2v) is 9.10. The van der Waals surface area contributed by atoms with E-state index in [0.29, 0.717) is 16.5 Å². The summed E-state index contributed by atoms with van der Waals surface area (Å²) >= 11 is 1.19. The van der Waals surface area contributed by atoms with Gasteiger partial charge < -0.3 is 9.64 Å². The van der Waals surface area contributed by atoms with Crippen LogP contribution in [-0.4, -0.2) is 50.1 Å². The van der Waals surface area contributed by atoms with Crippen molar-refractivity contribution in [3.63, 3.8) is 0 Å². The fraction of sp³-hybridized carbons (Fsp3) is 0.280. The van der Waals surface area contributed by atoms with Crippen molar-refractivity contribution in [2.24, 2.45) is 0 Å². The number of amides is 2. The van der Waals surface area contributed by atoms with Gasteiger partial charge in [-0.15, -0.1) is 15.3 Å². The molecule has 11 heteroatoms. The third-order valence-electron chi connectivity index (χ3n) is 5.92. The molecule has 36 heavy (non-hydrogen) atoms. The van der Waals surface area contributed by atoms with E-state index in [9.17, 15) is 9.59 Å². The lowest BCUT2D eigenvalue weighted by molar-refractivity contribution is -0.121. The normalized spacial score (nSPS) is 13.4. The van der Waals surface area contributed by atoms with Gasteiger partial charge in [0.05, 0.1) is 17.4 Å². The highest BCUT2D eigenvalue weighted by Crippen LogP contribution is 2.38. The lowest BCUT2D eigenvalue weighted by Gasteiger charge is -2.22. The molecule has 1 aliphatic heterocycles. The van der Waals surface area contributed by atoms with Crippen molar-refractivity contribution in [1.82, 2.24) is 25.2 Å². The monoisotopic (exact) mass is 503 g/mol. The Hall–Kier alpha value is -4.12. The molecule has 0 atom stereocenters. The van der Waals surface area contributed by atoms with Gasteiger partial charge in [-0.25, -0.2) is 9.58 Å². The highest BCUT2D eigenvalue weighted by atomic mass is 32.1. The summed E-state index contributed by atoms with van der Waals surface area (Å²) in [5.74, 6) is 0.102. The first kappa shape index (κ1) is 23.6. The van der Waals surface area contributed by atoms with Crippen LogP contribution in [0.1, 0.15) is 32.4 Å². The molecule has 0 saturated carbocycles. The molecule has 0 aliphatic carbocycles. The smallest absolute Gasteiger partial charge is 0.236 e. The number of hydrogen-bond donors (Lipinski definition) is 0. The number of carbonyl (C=O) groups excluding carboxylic acids is 2. The van der Waals surface area contributed by atoms with Crippen molar-refractivity contribution in [2.45, 2.75) is 33.3 Å². The molecule has 10 nitrogen and oxygen atoms in total. The standard InChI is InChI=1S/C25H25N7O3S/c1-3-30(4-2)19-10-11-20(24-27-28-25(36-24)32-22(33)12-13-23(32)34)21(14-19)35-16-17-15-31(29-26-17)18-8-6-5-7-9-18/h5-11,14-15H,3-4,12-13,16H2,1-2H3. The number of rotatable bonds is 9. The summed E-state index contributed by atoms with van der Waals surface area (Å²) in [6.07, 6.45) is 2.23. The molecule has 0 radical (unpaired) electrons. The van der Waals surface area contributed by atoms with Crippen LogP contribution in [0, 0.1) is 0 Å². The summed E-state index contributed by atoms with van der Waals surface area (Å²) < 4.78 is 7.93. The Morgan fingerprint density at radius 2 is 1.72 bits per heavy atom. The summed E-state index contributed by atoms with van der Waals surface area (Å²) in [6, 6.07) is 15.6. The summed E-state index contributed by atoms with van der Waals surface area (Å²) in [7, 11) is 0. The number of nitrogens with zero attached hydrogens (tertiary/aromatic N) is 7. The van der Waals surface area contributed by atoms with E-state index in [1.54, 1.807) is 4.68 Å². The molecule has 3 heterocycles. The van der Waals surface area contributed by atoms with E-state index in [-0.39, 0.29) is 36.4 Å². The first-order chi connectivity index (χ1) is 17.6.